The van der Waals surface area contributed by atoms with Crippen molar-refractivity contribution in [3.05, 3.63) is 6.33 Å². The molecule has 1 aromatic rings. The van der Waals surface area contributed by atoms with Gasteiger partial charge in [0.05, 0.1) is 0 Å². The molecule has 4 fully saturated rings. The Balaban J connectivity index is 1.62. The first kappa shape index (κ1) is 9.92. The SMILES string of the molecule is Nc1nncn1CC12CC3CC(CC(C3)C1)C2. The van der Waals surface area contributed by atoms with E-state index in [-0.39, 0.29) is 0 Å². The molecule has 5 rings (SSSR count). The summed E-state index contributed by atoms with van der Waals surface area (Å²) in [5.41, 5.74) is 6.38. The van der Waals surface area contributed by atoms with E-state index in [1.807, 2.05) is 0 Å². The van der Waals surface area contributed by atoms with Crippen molar-refractivity contribution in [2.24, 2.45) is 23.2 Å². The molecule has 1 heterocycles. The third kappa shape index (κ3) is 1.49. The zero-order valence-electron chi connectivity index (χ0n) is 10.2. The van der Waals surface area contributed by atoms with Gasteiger partial charge in [0.15, 0.2) is 0 Å². The standard InChI is InChI=1S/C13H20N4/c14-12-16-15-8-17(12)7-13-4-9-1-10(5-13)3-11(2-9)6-13/h8-11H,1-7H2,(H2,14,16). The monoisotopic (exact) mass is 232 g/mol. The molecule has 4 aliphatic rings. The van der Waals surface area contributed by atoms with Crippen LogP contribution in [0.4, 0.5) is 5.95 Å². The van der Waals surface area contributed by atoms with E-state index < -0.39 is 0 Å². The fraction of sp³-hybridized carbons (Fsp3) is 0.846. The van der Waals surface area contributed by atoms with Crippen molar-refractivity contribution in [2.45, 2.75) is 45.1 Å². The maximum Gasteiger partial charge on any atom is 0.221 e. The van der Waals surface area contributed by atoms with Crippen LogP contribution in [-0.4, -0.2) is 14.8 Å². The maximum absolute atomic E-state index is 5.86. The van der Waals surface area contributed by atoms with Crippen molar-refractivity contribution in [1.82, 2.24) is 14.8 Å². The average Bonchev–Trinajstić information content (AvgIpc) is 2.61. The van der Waals surface area contributed by atoms with Gasteiger partial charge >= 0.3 is 0 Å². The maximum atomic E-state index is 5.86. The van der Waals surface area contributed by atoms with Gasteiger partial charge in [-0.25, -0.2) is 0 Å². The van der Waals surface area contributed by atoms with E-state index in [9.17, 15) is 0 Å². The van der Waals surface area contributed by atoms with Crippen LogP contribution in [0.2, 0.25) is 0 Å². The zero-order valence-corrected chi connectivity index (χ0v) is 10.2. The van der Waals surface area contributed by atoms with Crippen LogP contribution in [0.1, 0.15) is 38.5 Å². The van der Waals surface area contributed by atoms with Gasteiger partial charge in [-0.05, 0) is 61.7 Å². The molecule has 0 atom stereocenters. The van der Waals surface area contributed by atoms with Gasteiger partial charge in [-0.1, -0.05) is 0 Å². The summed E-state index contributed by atoms with van der Waals surface area (Å²) in [5.74, 6) is 3.58. The van der Waals surface area contributed by atoms with Crippen LogP contribution in [0.25, 0.3) is 0 Å². The van der Waals surface area contributed by atoms with Crippen LogP contribution < -0.4 is 5.73 Å². The molecule has 0 unspecified atom stereocenters. The molecule has 1 aromatic heterocycles. The van der Waals surface area contributed by atoms with Crippen LogP contribution in [0.15, 0.2) is 6.33 Å². The van der Waals surface area contributed by atoms with Gasteiger partial charge in [-0.3, -0.25) is 4.57 Å². The largest absolute Gasteiger partial charge is 0.368 e. The van der Waals surface area contributed by atoms with Crippen molar-refractivity contribution >= 4 is 5.95 Å². The minimum atomic E-state index is 0.519. The number of hydrogen-bond donors (Lipinski definition) is 1. The normalized spacial score (nSPS) is 43.2. The first-order valence-corrected chi connectivity index (χ1v) is 6.86. The van der Waals surface area contributed by atoms with Crippen molar-refractivity contribution < 1.29 is 0 Å². The summed E-state index contributed by atoms with van der Waals surface area (Å²) in [6.45, 7) is 1.05. The summed E-state index contributed by atoms with van der Waals surface area (Å²) >= 11 is 0. The van der Waals surface area contributed by atoms with Gasteiger partial charge < -0.3 is 5.73 Å². The number of nitrogen functional groups attached to an aromatic ring is 1. The lowest BCUT2D eigenvalue weighted by atomic mass is 9.49. The molecule has 17 heavy (non-hydrogen) atoms. The fourth-order valence-corrected chi connectivity index (χ4v) is 5.23. The lowest BCUT2D eigenvalue weighted by molar-refractivity contribution is -0.0616. The van der Waals surface area contributed by atoms with Crippen molar-refractivity contribution in [1.29, 1.82) is 0 Å². The van der Waals surface area contributed by atoms with Crippen molar-refractivity contribution in [2.75, 3.05) is 5.73 Å². The number of hydrogen-bond acceptors (Lipinski definition) is 3. The molecular formula is C13H20N4. The number of aromatic nitrogens is 3. The van der Waals surface area contributed by atoms with E-state index in [4.69, 9.17) is 5.73 Å². The molecule has 0 amide bonds. The zero-order chi connectivity index (χ0) is 11.5. The molecule has 0 aromatic carbocycles. The molecule has 4 nitrogen and oxygen atoms in total. The fourth-order valence-electron chi connectivity index (χ4n) is 5.23. The second-order valence-electron chi connectivity index (χ2n) is 6.73. The molecule has 0 radical (unpaired) electrons. The molecule has 0 aliphatic heterocycles. The van der Waals surface area contributed by atoms with E-state index in [0.717, 1.165) is 24.3 Å². The van der Waals surface area contributed by atoms with Crippen molar-refractivity contribution in [3.63, 3.8) is 0 Å². The molecule has 2 N–H and O–H groups in total. The number of nitrogens with zero attached hydrogens (tertiary/aromatic N) is 3. The number of rotatable bonds is 2. The van der Waals surface area contributed by atoms with Gasteiger partial charge in [-0.15, -0.1) is 10.2 Å². The second-order valence-corrected chi connectivity index (χ2v) is 6.73. The lowest BCUT2D eigenvalue weighted by Crippen LogP contribution is -2.47. The summed E-state index contributed by atoms with van der Waals surface area (Å²) in [7, 11) is 0. The first-order chi connectivity index (χ1) is 8.22. The minimum absolute atomic E-state index is 0.519. The Bertz CT molecular complexity index is 401. The highest BCUT2D eigenvalue weighted by molar-refractivity contribution is 5.14. The third-order valence-electron chi connectivity index (χ3n) is 5.32. The van der Waals surface area contributed by atoms with Crippen molar-refractivity contribution in [3.8, 4) is 0 Å². The Morgan fingerprint density at radius 1 is 1.18 bits per heavy atom. The predicted octanol–water partition coefficient (Wildman–Crippen LogP) is 2.08. The van der Waals surface area contributed by atoms with E-state index >= 15 is 0 Å². The molecule has 4 heteroatoms. The van der Waals surface area contributed by atoms with Gasteiger partial charge in [-0.2, -0.15) is 0 Å². The first-order valence-electron chi connectivity index (χ1n) is 6.86. The molecule has 4 saturated carbocycles. The van der Waals surface area contributed by atoms with Gasteiger partial charge in [0.25, 0.3) is 0 Å². The highest BCUT2D eigenvalue weighted by Gasteiger charge is 2.50. The molecular weight excluding hydrogens is 212 g/mol. The smallest absolute Gasteiger partial charge is 0.221 e. The van der Waals surface area contributed by atoms with Crippen LogP contribution in [0, 0.1) is 23.2 Å². The van der Waals surface area contributed by atoms with E-state index in [2.05, 4.69) is 14.8 Å². The highest BCUT2D eigenvalue weighted by Crippen LogP contribution is 2.60. The van der Waals surface area contributed by atoms with Crippen LogP contribution >= 0.6 is 0 Å². The summed E-state index contributed by atoms with van der Waals surface area (Å²) in [4.78, 5) is 0. The van der Waals surface area contributed by atoms with Crippen LogP contribution in [-0.2, 0) is 6.54 Å². The van der Waals surface area contributed by atoms with E-state index in [1.54, 1.807) is 6.33 Å². The van der Waals surface area contributed by atoms with Gasteiger partial charge in [0.1, 0.15) is 6.33 Å². The van der Waals surface area contributed by atoms with Gasteiger partial charge in [0.2, 0.25) is 5.95 Å². The topological polar surface area (TPSA) is 56.7 Å². The molecule has 0 saturated heterocycles. The molecule has 92 valence electrons. The summed E-state index contributed by atoms with van der Waals surface area (Å²) in [6.07, 6.45) is 10.5. The van der Waals surface area contributed by atoms with Gasteiger partial charge in [0, 0.05) is 6.54 Å². The average molecular weight is 232 g/mol. The highest BCUT2D eigenvalue weighted by atomic mass is 15.3. The predicted molar refractivity (Wildman–Crippen MR) is 65.0 cm³/mol. The molecule has 0 spiro atoms. The Hall–Kier alpha value is -1.06. The second kappa shape index (κ2) is 3.24. The minimum Gasteiger partial charge on any atom is -0.368 e. The summed E-state index contributed by atoms with van der Waals surface area (Å²) in [6, 6.07) is 0. The Morgan fingerprint density at radius 2 is 1.76 bits per heavy atom. The van der Waals surface area contributed by atoms with E-state index in [0.29, 0.717) is 11.4 Å². The Kier molecular flexibility index (Phi) is 1.89. The third-order valence-corrected chi connectivity index (χ3v) is 5.32. The molecule has 4 aliphatic carbocycles. The molecule has 4 bridgehead atoms. The quantitative estimate of drug-likeness (QED) is 0.849. The Morgan fingerprint density at radius 3 is 2.24 bits per heavy atom. The van der Waals surface area contributed by atoms with Crippen LogP contribution in [0.5, 0.6) is 0 Å². The number of nitrogens with two attached hydrogens (primary N) is 1. The lowest BCUT2D eigenvalue weighted by Gasteiger charge is -2.56. The van der Waals surface area contributed by atoms with Crippen LogP contribution in [0.3, 0.4) is 0 Å². The number of anilines is 1. The Labute approximate surface area is 102 Å². The summed E-state index contributed by atoms with van der Waals surface area (Å²) < 4.78 is 2.06. The van der Waals surface area contributed by atoms with E-state index in [1.165, 1.54) is 38.5 Å². The summed E-state index contributed by atoms with van der Waals surface area (Å²) in [5, 5.41) is 7.81.